The Morgan fingerprint density at radius 3 is 2.62 bits per heavy atom. The Bertz CT molecular complexity index is 1410. The quantitative estimate of drug-likeness (QED) is 0.539. The maximum atomic E-state index is 13.2. The van der Waals surface area contributed by atoms with Crippen LogP contribution in [0.4, 0.5) is 10.5 Å². The summed E-state index contributed by atoms with van der Waals surface area (Å²) in [4.78, 5) is 14.8. The molecule has 2 aromatic rings. The number of aliphatic hydroxyl groups is 1. The fourth-order valence-electron chi connectivity index (χ4n) is 4.50. The Balaban J connectivity index is 1.45. The van der Waals surface area contributed by atoms with Crippen molar-refractivity contribution in [2.24, 2.45) is 0 Å². The van der Waals surface area contributed by atoms with Gasteiger partial charge in [0.15, 0.2) is 21.0 Å². The third-order valence-electron chi connectivity index (χ3n) is 6.18. The summed E-state index contributed by atoms with van der Waals surface area (Å²) in [6, 6.07) is 14.3. The number of para-hydroxylation sites is 1. The van der Waals surface area contributed by atoms with E-state index in [0.29, 0.717) is 11.3 Å². The minimum atomic E-state index is -3.61. The molecule has 5 rings (SSSR count). The fraction of sp³-hybridized carbons (Fsp3) is 0.269. The zero-order valence-corrected chi connectivity index (χ0v) is 19.1. The molecular weight excluding hydrogens is 454 g/mol. The number of epoxide rings is 1. The Morgan fingerprint density at radius 2 is 1.82 bits per heavy atom. The number of nitrogens with zero attached hydrogens (tertiary/aromatic N) is 1. The van der Waals surface area contributed by atoms with Gasteiger partial charge in [0.25, 0.3) is 0 Å². The van der Waals surface area contributed by atoms with E-state index in [-0.39, 0.29) is 17.3 Å². The number of rotatable bonds is 4. The molecule has 34 heavy (non-hydrogen) atoms. The van der Waals surface area contributed by atoms with Crippen molar-refractivity contribution >= 4 is 21.6 Å². The number of carbonyl (C=O) groups excluding carboxylic acids is 1. The van der Waals surface area contributed by atoms with Crippen molar-refractivity contribution in [3.8, 4) is 23.7 Å². The van der Waals surface area contributed by atoms with Gasteiger partial charge in [0, 0.05) is 5.56 Å². The normalized spacial score (nSPS) is 29.2. The van der Waals surface area contributed by atoms with Gasteiger partial charge < -0.3 is 14.6 Å². The van der Waals surface area contributed by atoms with Gasteiger partial charge >= 0.3 is 6.09 Å². The molecule has 0 saturated carbocycles. The largest absolute Gasteiger partial charge is 0.448 e. The monoisotopic (exact) mass is 475 g/mol. The Hall–Kier alpha value is -3.56. The topological polar surface area (TPSA) is 96.4 Å². The van der Waals surface area contributed by atoms with Gasteiger partial charge in [-0.1, -0.05) is 60.1 Å². The van der Waals surface area contributed by atoms with Crippen LogP contribution >= 0.6 is 0 Å². The SMILES string of the molecule is C[C@]1(O)C#C/C=C\C#C[C@@H]2[C@H]3O[C@@]31c1ccccc1N2C(=O)OCCS(=O)(=O)c1ccccc1. The number of sulfone groups is 1. The molecule has 1 amide bonds. The van der Waals surface area contributed by atoms with Crippen LogP contribution in [-0.2, 0) is 24.9 Å². The van der Waals surface area contributed by atoms with Gasteiger partial charge in [0.2, 0.25) is 0 Å². The number of benzene rings is 2. The summed E-state index contributed by atoms with van der Waals surface area (Å²) in [6.07, 6.45) is 1.69. The number of anilines is 1. The summed E-state index contributed by atoms with van der Waals surface area (Å²) in [7, 11) is -3.61. The second-order valence-corrected chi connectivity index (χ2v) is 10.4. The molecule has 4 atom stereocenters. The molecular formula is C26H21NO6S. The highest BCUT2D eigenvalue weighted by Gasteiger charge is 2.74. The fourth-order valence-corrected chi connectivity index (χ4v) is 5.61. The van der Waals surface area contributed by atoms with Crippen LogP contribution in [0.3, 0.4) is 0 Å². The van der Waals surface area contributed by atoms with Crippen LogP contribution in [0.15, 0.2) is 71.6 Å². The third-order valence-corrected chi connectivity index (χ3v) is 7.88. The smallest absolute Gasteiger partial charge is 0.415 e. The van der Waals surface area contributed by atoms with Crippen LogP contribution in [0, 0.1) is 23.7 Å². The van der Waals surface area contributed by atoms with E-state index in [4.69, 9.17) is 9.47 Å². The third kappa shape index (κ3) is 3.48. The zero-order chi connectivity index (χ0) is 24.0. The Kier molecular flexibility index (Phi) is 5.26. The first kappa shape index (κ1) is 22.2. The predicted molar refractivity (Wildman–Crippen MR) is 124 cm³/mol. The molecule has 3 aliphatic rings. The number of hydrogen-bond donors (Lipinski definition) is 1. The van der Waals surface area contributed by atoms with E-state index in [1.807, 2.05) is 0 Å². The van der Waals surface area contributed by atoms with E-state index in [2.05, 4.69) is 23.7 Å². The van der Waals surface area contributed by atoms with Crippen molar-refractivity contribution in [2.45, 2.75) is 35.2 Å². The van der Waals surface area contributed by atoms with Gasteiger partial charge in [-0.05, 0) is 37.3 Å². The minimum absolute atomic E-state index is 0.166. The summed E-state index contributed by atoms with van der Waals surface area (Å²) in [6.45, 7) is 1.26. The molecule has 2 bridgehead atoms. The van der Waals surface area contributed by atoms with Crippen molar-refractivity contribution in [2.75, 3.05) is 17.3 Å². The second-order valence-electron chi connectivity index (χ2n) is 8.32. The Labute approximate surface area is 197 Å². The standard InChI is InChI=1S/C26H21NO6S/c1-25(29)16-10-3-2-7-15-22-23-26(25,33-23)20-13-8-9-14-21(20)27(22)24(28)32-17-18-34(30,31)19-11-5-4-6-12-19/h2-6,8-9,11-14,22-23,29H,17-18H2,1H3/b3-2-/t22-,23-,25+,26+/m1/s1. The van der Waals surface area contributed by atoms with Crippen LogP contribution < -0.4 is 4.90 Å². The summed E-state index contributed by atoms with van der Waals surface area (Å²) < 4.78 is 36.6. The average Bonchev–Trinajstić information content (AvgIpc) is 3.59. The maximum Gasteiger partial charge on any atom is 0.415 e. The van der Waals surface area contributed by atoms with Gasteiger partial charge in [-0.2, -0.15) is 0 Å². The van der Waals surface area contributed by atoms with Crippen LogP contribution in [0.1, 0.15) is 12.5 Å². The van der Waals surface area contributed by atoms with Gasteiger partial charge in [-0.3, -0.25) is 4.90 Å². The van der Waals surface area contributed by atoms with E-state index in [9.17, 15) is 18.3 Å². The molecule has 1 N–H and O–H groups in total. The number of amides is 1. The van der Waals surface area contributed by atoms with Gasteiger partial charge in [-0.25, -0.2) is 13.2 Å². The highest BCUT2D eigenvalue weighted by Crippen LogP contribution is 2.61. The van der Waals surface area contributed by atoms with Crippen LogP contribution in [0.2, 0.25) is 0 Å². The highest BCUT2D eigenvalue weighted by molar-refractivity contribution is 7.91. The predicted octanol–water partition coefficient (Wildman–Crippen LogP) is 2.41. The zero-order valence-electron chi connectivity index (χ0n) is 18.3. The molecule has 1 saturated heterocycles. The lowest BCUT2D eigenvalue weighted by molar-refractivity contribution is 0.0264. The summed E-state index contributed by atoms with van der Waals surface area (Å²) in [5.74, 6) is 11.2. The van der Waals surface area contributed by atoms with Gasteiger partial charge in [0.05, 0.1) is 16.3 Å². The number of hydrogen-bond acceptors (Lipinski definition) is 6. The first-order valence-corrected chi connectivity index (χ1v) is 12.4. The lowest BCUT2D eigenvalue weighted by Gasteiger charge is -2.38. The molecule has 0 radical (unpaired) electrons. The highest BCUT2D eigenvalue weighted by atomic mass is 32.2. The summed E-state index contributed by atoms with van der Waals surface area (Å²) in [5, 5.41) is 11.2. The van der Waals surface area contributed by atoms with E-state index in [1.165, 1.54) is 29.2 Å². The molecule has 0 aromatic heterocycles. The molecule has 0 unspecified atom stereocenters. The Morgan fingerprint density at radius 1 is 1.12 bits per heavy atom. The summed E-state index contributed by atoms with van der Waals surface area (Å²) >= 11 is 0. The lowest BCUT2D eigenvalue weighted by atomic mass is 9.75. The molecule has 8 heteroatoms. The van der Waals surface area contributed by atoms with Crippen molar-refractivity contribution < 1.29 is 27.8 Å². The van der Waals surface area contributed by atoms with Crippen molar-refractivity contribution in [1.82, 2.24) is 0 Å². The van der Waals surface area contributed by atoms with Gasteiger partial charge in [0.1, 0.15) is 18.8 Å². The maximum absolute atomic E-state index is 13.2. The summed E-state index contributed by atoms with van der Waals surface area (Å²) in [5.41, 5.74) is -1.61. The van der Waals surface area contributed by atoms with Crippen molar-refractivity contribution in [3.05, 3.63) is 72.3 Å². The molecule has 172 valence electrons. The first-order valence-electron chi connectivity index (χ1n) is 10.7. The number of allylic oxidation sites excluding steroid dienone is 2. The number of ether oxygens (including phenoxy) is 2. The van der Waals surface area contributed by atoms with E-state index < -0.39 is 39.3 Å². The minimum Gasteiger partial charge on any atom is -0.448 e. The first-order chi connectivity index (χ1) is 16.3. The second kappa shape index (κ2) is 8.03. The number of fused-ring (bicyclic) bond motifs is 1. The van der Waals surface area contributed by atoms with Gasteiger partial charge in [-0.15, -0.1) is 0 Å². The van der Waals surface area contributed by atoms with Crippen molar-refractivity contribution in [3.63, 3.8) is 0 Å². The van der Waals surface area contributed by atoms with Crippen LogP contribution in [-0.4, -0.2) is 49.7 Å². The van der Waals surface area contributed by atoms with E-state index in [1.54, 1.807) is 49.4 Å². The number of carbonyl (C=O) groups is 1. The molecule has 2 aromatic carbocycles. The molecule has 2 heterocycles. The van der Waals surface area contributed by atoms with E-state index >= 15 is 0 Å². The van der Waals surface area contributed by atoms with Crippen LogP contribution in [0.5, 0.6) is 0 Å². The molecule has 2 aliphatic heterocycles. The lowest BCUT2D eigenvalue weighted by Crippen LogP contribution is -2.54. The molecule has 7 nitrogen and oxygen atoms in total. The molecule has 0 spiro atoms. The molecule has 1 fully saturated rings. The van der Waals surface area contributed by atoms with E-state index in [0.717, 1.165) is 0 Å². The van der Waals surface area contributed by atoms with Crippen LogP contribution in [0.25, 0.3) is 0 Å². The average molecular weight is 476 g/mol. The van der Waals surface area contributed by atoms with Crippen molar-refractivity contribution in [1.29, 1.82) is 0 Å². The molecule has 1 aliphatic carbocycles.